The van der Waals surface area contributed by atoms with Crippen LogP contribution >= 0.6 is 13.5 Å². The lowest BCUT2D eigenvalue weighted by atomic mass is 9.97. The maximum atomic E-state index is 6.68. The van der Waals surface area contributed by atoms with E-state index in [4.69, 9.17) is 4.42 Å². The first-order valence-corrected chi connectivity index (χ1v) is 18.9. The summed E-state index contributed by atoms with van der Waals surface area (Å²) in [5, 5.41) is 7.22. The summed E-state index contributed by atoms with van der Waals surface area (Å²) in [5.41, 5.74) is 13.5. The predicted molar refractivity (Wildman–Crippen MR) is 244 cm³/mol. The number of hydrogen-bond donors (Lipinski definition) is 0. The molecule has 3 nitrogen and oxygen atoms in total. The number of nitrogens with zero attached hydrogens (tertiary/aromatic N) is 2. The molecule has 0 saturated heterocycles. The van der Waals surface area contributed by atoms with Crippen LogP contribution in [0, 0.1) is 0 Å². The topological polar surface area (TPSA) is 23.0 Å². The largest absolute Gasteiger partial charge is 0.454 e. The molecule has 4 heteroatoms. The molecule has 0 bridgehead atoms. The van der Waals surface area contributed by atoms with E-state index in [9.17, 15) is 0 Å². The third-order valence-electron chi connectivity index (χ3n) is 10.8. The minimum atomic E-state index is 0. The normalized spacial score (nSPS) is 11.5. The summed E-state index contributed by atoms with van der Waals surface area (Å²) in [4.78, 5) is 0. The van der Waals surface area contributed by atoms with Crippen LogP contribution in [0.5, 0.6) is 0 Å². The average Bonchev–Trinajstić information content (AvgIpc) is 3.91. The van der Waals surface area contributed by atoms with Crippen LogP contribution in [0.15, 0.2) is 199 Å². The van der Waals surface area contributed by atoms with Crippen molar-refractivity contribution in [2.45, 2.75) is 13.8 Å². The highest BCUT2D eigenvalue weighted by atomic mass is 32.1. The van der Waals surface area contributed by atoms with Crippen molar-refractivity contribution in [3.8, 4) is 33.6 Å². The van der Waals surface area contributed by atoms with Crippen molar-refractivity contribution >= 4 is 79.0 Å². The van der Waals surface area contributed by atoms with Crippen LogP contribution in [0.3, 0.4) is 0 Å². The molecule has 0 spiro atoms. The van der Waals surface area contributed by atoms with Crippen LogP contribution < -0.4 is 0 Å². The monoisotopic (exact) mass is 740 g/mol. The summed E-state index contributed by atoms with van der Waals surface area (Å²) in [6.45, 7) is 4.00. The van der Waals surface area contributed by atoms with Gasteiger partial charge in [0.15, 0.2) is 5.58 Å². The van der Waals surface area contributed by atoms with Gasteiger partial charge in [-0.1, -0.05) is 127 Å². The lowest BCUT2D eigenvalue weighted by Crippen LogP contribution is -1.93. The Balaban J connectivity index is 0.000000784. The van der Waals surface area contributed by atoms with Crippen molar-refractivity contribution in [3.63, 3.8) is 0 Å². The van der Waals surface area contributed by atoms with Crippen molar-refractivity contribution in [1.29, 1.82) is 0 Å². The van der Waals surface area contributed by atoms with Gasteiger partial charge in [0, 0.05) is 38.0 Å². The summed E-state index contributed by atoms with van der Waals surface area (Å²) in [5.74, 6) is 0. The second kappa shape index (κ2) is 14.5. The lowest BCUT2D eigenvalue weighted by Gasteiger charge is -2.09. The Hall–Kier alpha value is -6.75. The summed E-state index contributed by atoms with van der Waals surface area (Å²) in [6, 6.07) is 65.4. The maximum Gasteiger partial charge on any atom is 0.159 e. The lowest BCUT2D eigenvalue weighted by molar-refractivity contribution is 0.666. The zero-order chi connectivity index (χ0) is 36.9. The fourth-order valence-electron chi connectivity index (χ4n) is 8.21. The van der Waals surface area contributed by atoms with Gasteiger partial charge in [0.25, 0.3) is 0 Å². The molecule has 0 unspecified atom stereocenters. The highest BCUT2D eigenvalue weighted by Gasteiger charge is 2.18. The van der Waals surface area contributed by atoms with E-state index in [0.29, 0.717) is 0 Å². The molecular formula is C52H40N2OS. The summed E-state index contributed by atoms with van der Waals surface area (Å²) in [7, 11) is 0. The molecule has 0 amide bonds. The van der Waals surface area contributed by atoms with Crippen molar-refractivity contribution in [2.24, 2.45) is 0 Å². The van der Waals surface area contributed by atoms with Gasteiger partial charge >= 0.3 is 0 Å². The molecule has 270 valence electrons. The first-order valence-electron chi connectivity index (χ1n) is 18.9. The molecule has 0 aliphatic carbocycles. The molecule has 56 heavy (non-hydrogen) atoms. The average molecular weight is 741 g/mol. The third-order valence-corrected chi connectivity index (χ3v) is 10.8. The fraction of sp³-hybridized carbons (Fsp3) is 0.0385. The molecule has 3 aromatic heterocycles. The molecule has 0 fully saturated rings. The zero-order valence-corrected chi connectivity index (χ0v) is 32.3. The third kappa shape index (κ3) is 5.69. The minimum Gasteiger partial charge on any atom is -0.454 e. The van der Waals surface area contributed by atoms with E-state index in [2.05, 4.69) is 191 Å². The van der Waals surface area contributed by atoms with Crippen molar-refractivity contribution in [2.75, 3.05) is 0 Å². The smallest absolute Gasteiger partial charge is 0.159 e. The standard InChI is InChI=1S/C48H30N2O.C4H8.H2S/c1-2-14-35(15-3-1)49-42-20-7-6-18-38(42)40-29-33(24-26-45(40)49)31-12-10-13-32(28-31)34-25-27-47-41(30-34)39-19-11-23-46(48(39)51-47)50-43-21-8-4-16-36(43)37-17-5-9-22-44(37)50;1-3-4-2;/h1-30H;3-4H,1-2H3;1H2/b;4-3-;. The number of benzene rings is 8. The Morgan fingerprint density at radius 2 is 0.857 bits per heavy atom. The zero-order valence-electron chi connectivity index (χ0n) is 31.3. The summed E-state index contributed by atoms with van der Waals surface area (Å²) >= 11 is 0. The van der Waals surface area contributed by atoms with Crippen molar-refractivity contribution in [1.82, 2.24) is 9.13 Å². The Morgan fingerprint density at radius 3 is 1.50 bits per heavy atom. The molecular weight excluding hydrogens is 701 g/mol. The predicted octanol–water partition coefficient (Wildman–Crippen LogP) is 14.8. The van der Waals surface area contributed by atoms with Gasteiger partial charge < -0.3 is 13.6 Å². The molecule has 0 N–H and O–H groups in total. The molecule has 3 heterocycles. The molecule has 0 aliphatic heterocycles. The van der Waals surface area contributed by atoms with E-state index in [0.717, 1.165) is 33.2 Å². The van der Waals surface area contributed by atoms with E-state index in [1.807, 2.05) is 26.0 Å². The van der Waals surface area contributed by atoms with E-state index < -0.39 is 0 Å². The fourth-order valence-corrected chi connectivity index (χ4v) is 8.21. The molecule has 0 atom stereocenters. The highest BCUT2D eigenvalue weighted by Crippen LogP contribution is 2.40. The van der Waals surface area contributed by atoms with Crippen molar-refractivity contribution < 1.29 is 4.42 Å². The number of hydrogen-bond acceptors (Lipinski definition) is 1. The Bertz CT molecular complexity index is 3180. The number of furan rings is 1. The number of rotatable bonds is 4. The van der Waals surface area contributed by atoms with E-state index in [1.165, 1.54) is 66.0 Å². The Kier molecular flexibility index (Phi) is 9.05. The minimum absolute atomic E-state index is 0. The summed E-state index contributed by atoms with van der Waals surface area (Å²) < 4.78 is 11.4. The van der Waals surface area contributed by atoms with Crippen LogP contribution in [0.4, 0.5) is 0 Å². The second-order valence-corrected chi connectivity index (χ2v) is 14.0. The SMILES string of the molecule is C/C=C\C.S.c1ccc(-n2c3ccccc3c3cc(-c4cccc(-c5ccc6oc7c(-n8c9ccccc9c9ccccc98)cccc7c6c5)c4)ccc32)cc1. The van der Waals surface area contributed by atoms with Gasteiger partial charge in [-0.2, -0.15) is 13.5 Å². The summed E-state index contributed by atoms with van der Waals surface area (Å²) in [6.07, 6.45) is 4.00. The van der Waals surface area contributed by atoms with Gasteiger partial charge in [-0.05, 0) is 103 Å². The van der Waals surface area contributed by atoms with Gasteiger partial charge in [-0.3, -0.25) is 0 Å². The van der Waals surface area contributed by atoms with Gasteiger partial charge in [-0.15, -0.1) is 0 Å². The van der Waals surface area contributed by atoms with Crippen molar-refractivity contribution in [3.05, 3.63) is 194 Å². The number of para-hydroxylation sites is 5. The molecule has 8 aromatic carbocycles. The van der Waals surface area contributed by atoms with E-state index in [1.54, 1.807) is 0 Å². The van der Waals surface area contributed by atoms with Crippen LogP contribution in [0.1, 0.15) is 13.8 Å². The Labute approximate surface area is 332 Å². The molecule has 0 radical (unpaired) electrons. The van der Waals surface area contributed by atoms with Gasteiger partial charge in [0.05, 0.1) is 27.8 Å². The molecule has 0 aliphatic rings. The second-order valence-electron chi connectivity index (χ2n) is 14.0. The maximum absolute atomic E-state index is 6.68. The first kappa shape index (κ1) is 35.0. The Morgan fingerprint density at radius 1 is 0.375 bits per heavy atom. The van der Waals surface area contributed by atoms with Gasteiger partial charge in [0.2, 0.25) is 0 Å². The van der Waals surface area contributed by atoms with E-state index >= 15 is 0 Å². The first-order chi connectivity index (χ1) is 27.2. The van der Waals surface area contributed by atoms with Crippen LogP contribution in [-0.2, 0) is 0 Å². The van der Waals surface area contributed by atoms with Gasteiger partial charge in [-0.25, -0.2) is 0 Å². The van der Waals surface area contributed by atoms with Gasteiger partial charge in [0.1, 0.15) is 5.58 Å². The number of aromatic nitrogens is 2. The highest BCUT2D eigenvalue weighted by molar-refractivity contribution is 7.59. The van der Waals surface area contributed by atoms with Crippen LogP contribution in [0.25, 0.3) is 99.2 Å². The number of allylic oxidation sites excluding steroid dienone is 2. The quantitative estimate of drug-likeness (QED) is 0.165. The molecule has 11 rings (SSSR count). The van der Waals surface area contributed by atoms with E-state index in [-0.39, 0.29) is 13.5 Å². The molecule has 0 saturated carbocycles. The van der Waals surface area contributed by atoms with Crippen LogP contribution in [0.2, 0.25) is 0 Å². The molecule has 11 aromatic rings. The van der Waals surface area contributed by atoms with Crippen LogP contribution in [-0.4, -0.2) is 9.13 Å². The number of fused-ring (bicyclic) bond motifs is 9.